The van der Waals surface area contributed by atoms with Gasteiger partial charge in [0, 0.05) is 5.57 Å². The fraction of sp³-hybridized carbons (Fsp3) is 0.308. The van der Waals surface area contributed by atoms with Gasteiger partial charge in [0.15, 0.2) is 0 Å². The number of rotatable bonds is 4. The number of halogens is 1. The van der Waals surface area contributed by atoms with Gasteiger partial charge in [-0.05, 0) is 24.0 Å². The van der Waals surface area contributed by atoms with Crippen LogP contribution in [0.15, 0.2) is 30.1 Å². The van der Waals surface area contributed by atoms with Gasteiger partial charge >= 0.3 is 5.97 Å². The molecule has 0 aliphatic heterocycles. The molecule has 0 unspecified atom stereocenters. The first-order valence-corrected chi connectivity index (χ1v) is 5.31. The Bertz CT molecular complexity index is 404. The highest BCUT2D eigenvalue weighted by Gasteiger charge is 2.13. The van der Waals surface area contributed by atoms with Gasteiger partial charge in [0.25, 0.3) is 0 Å². The molecule has 0 aliphatic carbocycles. The van der Waals surface area contributed by atoms with Gasteiger partial charge in [-0.15, -0.1) is 0 Å². The summed E-state index contributed by atoms with van der Waals surface area (Å²) in [6, 6.07) is 7.31. The molecule has 0 amide bonds. The Balaban J connectivity index is 3.14. The molecule has 1 rings (SSSR count). The Kier molecular flexibility index (Phi) is 4.23. The van der Waals surface area contributed by atoms with Crippen LogP contribution in [0.5, 0.6) is 0 Å². The van der Waals surface area contributed by atoms with Gasteiger partial charge in [0.05, 0.1) is 0 Å². The number of carbonyl (C=O) groups is 1. The number of allylic oxidation sites excluding steroid dienone is 1. The van der Waals surface area contributed by atoms with Gasteiger partial charge < -0.3 is 5.11 Å². The number of hydrogen-bond acceptors (Lipinski definition) is 1. The van der Waals surface area contributed by atoms with E-state index in [1.807, 2.05) is 19.1 Å². The Morgan fingerprint density at radius 2 is 1.81 bits per heavy atom. The van der Waals surface area contributed by atoms with E-state index in [1.165, 1.54) is 0 Å². The van der Waals surface area contributed by atoms with Crippen molar-refractivity contribution < 1.29 is 14.3 Å². The molecular weight excluding hydrogens is 207 g/mol. The Morgan fingerprint density at radius 1 is 1.25 bits per heavy atom. The zero-order chi connectivity index (χ0) is 12.1. The fourth-order valence-corrected chi connectivity index (χ4v) is 1.56. The van der Waals surface area contributed by atoms with E-state index in [0.29, 0.717) is 12.0 Å². The molecule has 2 nitrogen and oxygen atoms in total. The normalized spacial score (nSPS) is 12.2. The maximum absolute atomic E-state index is 13.3. The van der Waals surface area contributed by atoms with Crippen molar-refractivity contribution in [3.05, 3.63) is 41.2 Å². The van der Waals surface area contributed by atoms with Gasteiger partial charge in [-0.3, -0.25) is 0 Å². The largest absolute Gasteiger partial charge is 0.476 e. The van der Waals surface area contributed by atoms with Crippen molar-refractivity contribution in [3.8, 4) is 0 Å². The molecule has 0 heterocycles. The van der Waals surface area contributed by atoms with Crippen LogP contribution in [0.4, 0.5) is 4.39 Å². The van der Waals surface area contributed by atoms with E-state index in [2.05, 4.69) is 0 Å². The Labute approximate surface area is 94.4 Å². The molecule has 86 valence electrons. The number of carboxylic acids is 1. The zero-order valence-corrected chi connectivity index (χ0v) is 9.46. The van der Waals surface area contributed by atoms with E-state index in [-0.39, 0.29) is 5.57 Å². The summed E-state index contributed by atoms with van der Waals surface area (Å²) in [5.41, 5.74) is 2.03. The number of hydrogen-bond donors (Lipinski definition) is 1. The Hall–Kier alpha value is -1.64. The van der Waals surface area contributed by atoms with Crippen molar-refractivity contribution in [2.45, 2.75) is 26.7 Å². The minimum atomic E-state index is -1.50. The summed E-state index contributed by atoms with van der Waals surface area (Å²) >= 11 is 0. The second-order valence-corrected chi connectivity index (χ2v) is 3.50. The Morgan fingerprint density at radius 3 is 2.19 bits per heavy atom. The van der Waals surface area contributed by atoms with Gasteiger partial charge in [0.1, 0.15) is 0 Å². The second kappa shape index (κ2) is 5.45. The van der Waals surface area contributed by atoms with Gasteiger partial charge in [0.2, 0.25) is 5.83 Å². The third kappa shape index (κ3) is 2.69. The maximum Gasteiger partial charge on any atom is 0.365 e. The molecule has 16 heavy (non-hydrogen) atoms. The molecule has 0 saturated heterocycles. The molecule has 1 aromatic carbocycles. The zero-order valence-electron chi connectivity index (χ0n) is 9.46. The van der Waals surface area contributed by atoms with E-state index in [0.717, 1.165) is 12.0 Å². The van der Waals surface area contributed by atoms with Crippen LogP contribution in [0.25, 0.3) is 5.57 Å². The van der Waals surface area contributed by atoms with Crippen LogP contribution in [0.1, 0.15) is 31.4 Å². The summed E-state index contributed by atoms with van der Waals surface area (Å²) in [6.07, 6.45) is 1.27. The number of carboxylic acid groups (broad SMARTS) is 1. The lowest BCUT2D eigenvalue weighted by Gasteiger charge is -2.06. The fourth-order valence-electron chi connectivity index (χ4n) is 1.56. The van der Waals surface area contributed by atoms with Crippen LogP contribution in [0.3, 0.4) is 0 Å². The van der Waals surface area contributed by atoms with Crippen LogP contribution in [-0.4, -0.2) is 11.1 Å². The molecule has 0 saturated carbocycles. The molecule has 0 fully saturated rings. The van der Waals surface area contributed by atoms with Crippen LogP contribution in [0, 0.1) is 0 Å². The highest BCUT2D eigenvalue weighted by molar-refractivity contribution is 5.93. The smallest absolute Gasteiger partial charge is 0.365 e. The van der Waals surface area contributed by atoms with Crippen LogP contribution >= 0.6 is 0 Å². The van der Waals surface area contributed by atoms with Gasteiger partial charge in [-0.2, -0.15) is 4.39 Å². The third-order valence-corrected chi connectivity index (χ3v) is 2.52. The van der Waals surface area contributed by atoms with Gasteiger partial charge in [-0.25, -0.2) is 4.79 Å². The van der Waals surface area contributed by atoms with Crippen LogP contribution in [-0.2, 0) is 11.2 Å². The van der Waals surface area contributed by atoms with E-state index in [4.69, 9.17) is 5.11 Å². The van der Waals surface area contributed by atoms with Crippen LogP contribution in [0.2, 0.25) is 0 Å². The summed E-state index contributed by atoms with van der Waals surface area (Å²) < 4.78 is 13.3. The SMILES string of the molecule is CCC(=C(F)C(=O)O)c1ccc(CC)cc1. The molecule has 0 radical (unpaired) electrons. The molecule has 0 bridgehead atoms. The monoisotopic (exact) mass is 222 g/mol. The molecule has 0 aliphatic rings. The summed E-state index contributed by atoms with van der Waals surface area (Å²) in [5.74, 6) is -2.57. The van der Waals surface area contributed by atoms with E-state index in [1.54, 1.807) is 19.1 Å². The summed E-state index contributed by atoms with van der Waals surface area (Å²) in [7, 11) is 0. The molecule has 0 atom stereocenters. The first-order chi connectivity index (χ1) is 7.60. The van der Waals surface area contributed by atoms with E-state index < -0.39 is 11.8 Å². The summed E-state index contributed by atoms with van der Waals surface area (Å²) in [5, 5.41) is 8.61. The minimum Gasteiger partial charge on any atom is -0.476 e. The molecule has 0 spiro atoms. The molecule has 0 aromatic heterocycles. The summed E-state index contributed by atoms with van der Waals surface area (Å²) in [4.78, 5) is 10.6. The van der Waals surface area contributed by atoms with Crippen molar-refractivity contribution in [3.63, 3.8) is 0 Å². The number of aliphatic carboxylic acids is 1. The number of benzene rings is 1. The maximum atomic E-state index is 13.3. The van der Waals surface area contributed by atoms with Crippen molar-refractivity contribution in [2.24, 2.45) is 0 Å². The topological polar surface area (TPSA) is 37.3 Å². The predicted octanol–water partition coefficient (Wildman–Crippen LogP) is 3.42. The van der Waals surface area contributed by atoms with E-state index in [9.17, 15) is 9.18 Å². The molecule has 3 heteroatoms. The average Bonchev–Trinajstić information content (AvgIpc) is 2.30. The highest BCUT2D eigenvalue weighted by Crippen LogP contribution is 2.23. The molecule has 1 N–H and O–H groups in total. The standard InChI is InChI=1S/C13H15FO2/c1-3-9-5-7-10(8-6-9)11(4-2)12(14)13(15)16/h5-8H,3-4H2,1-2H3,(H,15,16). The molecular formula is C13H15FO2. The minimum absolute atomic E-state index is 0.246. The second-order valence-electron chi connectivity index (χ2n) is 3.50. The lowest BCUT2D eigenvalue weighted by atomic mass is 10.0. The first-order valence-electron chi connectivity index (χ1n) is 5.31. The van der Waals surface area contributed by atoms with Gasteiger partial charge in [-0.1, -0.05) is 38.1 Å². The lowest BCUT2D eigenvalue weighted by Crippen LogP contribution is -1.99. The average molecular weight is 222 g/mol. The van der Waals surface area contributed by atoms with Crippen molar-refractivity contribution in [2.75, 3.05) is 0 Å². The predicted molar refractivity (Wildman–Crippen MR) is 61.8 cm³/mol. The molecule has 1 aromatic rings. The highest BCUT2D eigenvalue weighted by atomic mass is 19.1. The van der Waals surface area contributed by atoms with Crippen molar-refractivity contribution >= 4 is 11.5 Å². The van der Waals surface area contributed by atoms with E-state index >= 15 is 0 Å². The third-order valence-electron chi connectivity index (χ3n) is 2.52. The van der Waals surface area contributed by atoms with Crippen molar-refractivity contribution in [1.29, 1.82) is 0 Å². The first kappa shape index (κ1) is 12.4. The number of aryl methyl sites for hydroxylation is 1. The quantitative estimate of drug-likeness (QED) is 0.792. The van der Waals surface area contributed by atoms with Crippen LogP contribution < -0.4 is 0 Å². The van der Waals surface area contributed by atoms with Crippen molar-refractivity contribution in [1.82, 2.24) is 0 Å². The summed E-state index contributed by atoms with van der Waals surface area (Å²) in [6.45, 7) is 3.77. The lowest BCUT2D eigenvalue weighted by molar-refractivity contribution is -0.134.